The largest absolute Gasteiger partial charge is 2.00 e. The van der Waals surface area contributed by atoms with Gasteiger partial charge in [0.1, 0.15) is 0 Å². The van der Waals surface area contributed by atoms with Crippen molar-refractivity contribution < 1.29 is 58.5 Å². The first kappa shape index (κ1) is 15.5. The molecule has 1 radical (unpaired) electrons. The second kappa shape index (κ2) is 5.08. The van der Waals surface area contributed by atoms with Gasteiger partial charge in [0.25, 0.3) is 0 Å². The number of hydrogen-bond acceptors (Lipinski definition) is 1. The van der Waals surface area contributed by atoms with Crippen LogP contribution in [0.25, 0.3) is 0 Å². The second-order valence-electron chi connectivity index (χ2n) is 2.96. The van der Waals surface area contributed by atoms with Crippen LogP contribution in [-0.4, -0.2) is 0 Å². The molecule has 0 N–H and O–H groups in total. The van der Waals surface area contributed by atoms with Crippen molar-refractivity contribution in [3.05, 3.63) is 38.5 Å². The molecule has 1 fully saturated rings. The Kier molecular flexibility index (Phi) is 6.58. The Morgan fingerprint density at radius 2 is 1.92 bits per heavy atom. The van der Waals surface area contributed by atoms with Crippen molar-refractivity contribution in [2.45, 2.75) is 6.92 Å². The summed E-state index contributed by atoms with van der Waals surface area (Å²) in [5.74, 6) is 1.36. The van der Waals surface area contributed by atoms with Crippen LogP contribution in [0.15, 0.2) is 24.7 Å². The van der Waals surface area contributed by atoms with Crippen molar-refractivity contribution in [3.63, 3.8) is 0 Å². The third-order valence-corrected chi connectivity index (χ3v) is 2.05. The average Bonchev–Trinajstić information content (AvgIpc) is 1.97. The average molecular weight is 409 g/mol. The zero-order chi connectivity index (χ0) is 7.94. The third-order valence-electron chi connectivity index (χ3n) is 2.05. The van der Waals surface area contributed by atoms with Crippen LogP contribution in [0.5, 0.6) is 0 Å². The molecule has 1 aliphatic rings. The number of allylic oxidation sites excluding steroid dienone is 2. The Bertz CT molecular complexity index is 199. The van der Waals surface area contributed by atoms with Gasteiger partial charge in [0.05, 0.1) is 11.5 Å². The van der Waals surface area contributed by atoms with Crippen LogP contribution < -0.4 is 0 Å². The molecule has 0 spiro atoms. The van der Waals surface area contributed by atoms with Crippen molar-refractivity contribution in [1.82, 2.24) is 0 Å². The van der Waals surface area contributed by atoms with Crippen LogP contribution in [0, 0.1) is 25.2 Å². The van der Waals surface area contributed by atoms with Gasteiger partial charge < -0.3 is 18.6 Å². The molecule has 63 valence electrons. The maximum absolute atomic E-state index is 5.17. The van der Waals surface area contributed by atoms with Gasteiger partial charge in [-0.2, -0.15) is 0 Å². The molecule has 0 aromatic rings. The van der Waals surface area contributed by atoms with Crippen molar-refractivity contribution in [3.8, 4) is 0 Å². The fourth-order valence-electron chi connectivity index (χ4n) is 0.896. The summed E-state index contributed by atoms with van der Waals surface area (Å²) >= 11 is 0. The molecule has 1 heterocycles. The predicted octanol–water partition coefficient (Wildman–Crippen LogP) is 2.33. The molecule has 3 heteroatoms. The van der Waals surface area contributed by atoms with Crippen molar-refractivity contribution in [1.29, 1.82) is 0 Å². The third kappa shape index (κ3) is 2.53. The second-order valence-corrected chi connectivity index (χ2v) is 2.96. The van der Waals surface area contributed by atoms with Crippen molar-refractivity contribution in [2.24, 2.45) is 11.3 Å². The van der Waals surface area contributed by atoms with E-state index in [-0.39, 0.29) is 65.1 Å². The Hall–Kier alpha value is 1.07. The van der Waals surface area contributed by atoms with E-state index >= 15 is 0 Å². The van der Waals surface area contributed by atoms with Gasteiger partial charge in [0.2, 0.25) is 0 Å². The van der Waals surface area contributed by atoms with Crippen LogP contribution in [-0.2, 0) is 58.5 Å². The minimum Gasteiger partial charge on any atom is -0.472 e. The summed E-state index contributed by atoms with van der Waals surface area (Å²) in [7, 11) is 0. The molecule has 0 aromatic carbocycles. The van der Waals surface area contributed by atoms with E-state index in [0.29, 0.717) is 11.5 Å². The van der Waals surface area contributed by atoms with Crippen LogP contribution in [0.4, 0.5) is 0 Å². The Morgan fingerprint density at radius 3 is 2.00 bits per heavy atom. The summed E-state index contributed by atoms with van der Waals surface area (Å²) in [4.78, 5) is 0. The molecule has 2 atom stereocenters. The van der Waals surface area contributed by atoms with Gasteiger partial charge in [0.15, 0.2) is 0 Å². The minimum atomic E-state index is -0.295. The van der Waals surface area contributed by atoms with E-state index < -0.39 is 0 Å². The van der Waals surface area contributed by atoms with E-state index in [9.17, 15) is 0 Å². The fourth-order valence-corrected chi connectivity index (χ4v) is 0.896. The smallest absolute Gasteiger partial charge is 0.472 e. The molecule has 12 heavy (non-hydrogen) atoms. The molecule has 0 aliphatic carbocycles. The van der Waals surface area contributed by atoms with Gasteiger partial charge in [0, 0.05) is 32.7 Å². The molecule has 1 saturated heterocycles. The maximum Gasteiger partial charge on any atom is 2.00 e. The summed E-state index contributed by atoms with van der Waals surface area (Å²) in [5.41, 5.74) is -0.295. The quantitative estimate of drug-likeness (QED) is 0.559. The van der Waals surface area contributed by atoms with Crippen LogP contribution in [0.2, 0.25) is 0 Å². The fraction of sp³-hybridized carbons (Fsp3) is 0.333. The topological polar surface area (TPSA) is 9.23 Å². The van der Waals surface area contributed by atoms with E-state index in [1.165, 1.54) is 0 Å². The zero-order valence-electron chi connectivity index (χ0n) is 7.30. The molecular formula is C9H12OWY. The van der Waals surface area contributed by atoms with Crippen molar-refractivity contribution >= 4 is 0 Å². The first-order valence-corrected chi connectivity index (χ1v) is 3.20. The first-order chi connectivity index (χ1) is 4.46. The van der Waals surface area contributed by atoms with Crippen LogP contribution in [0.1, 0.15) is 6.92 Å². The van der Waals surface area contributed by atoms with Crippen molar-refractivity contribution in [2.75, 3.05) is 0 Å². The normalized spacial score (nSPS) is 33.4. The van der Waals surface area contributed by atoms with Gasteiger partial charge >= 0.3 is 21.1 Å². The molecule has 1 nitrogen and oxygen atoms in total. The zero-order valence-corrected chi connectivity index (χ0v) is 13.1. The molecule has 1 rings (SSSR count). The molecule has 0 aromatic heterocycles. The SMILES string of the molecule is C=C1OC(=C)C([CH2-])(C)C1[CH2-].[W+2].[Y]. The summed E-state index contributed by atoms with van der Waals surface area (Å²) in [6.07, 6.45) is 0. The maximum atomic E-state index is 5.17. The van der Waals surface area contributed by atoms with Crippen LogP contribution in [0.3, 0.4) is 0 Å². The molecule has 1 aliphatic heterocycles. The molecule has 2 unspecified atom stereocenters. The van der Waals surface area contributed by atoms with Gasteiger partial charge in [-0.15, -0.1) is 11.3 Å². The van der Waals surface area contributed by atoms with Crippen LogP contribution >= 0.6 is 0 Å². The Labute approximate surface area is 114 Å². The summed E-state index contributed by atoms with van der Waals surface area (Å²) in [5, 5.41) is 0. The van der Waals surface area contributed by atoms with Gasteiger partial charge in [-0.05, 0) is 0 Å². The first-order valence-electron chi connectivity index (χ1n) is 3.20. The molecule has 0 amide bonds. The van der Waals surface area contributed by atoms with E-state index in [0.717, 1.165) is 0 Å². The number of hydrogen-bond donors (Lipinski definition) is 0. The summed E-state index contributed by atoms with van der Waals surface area (Å²) in [6, 6.07) is 0. The van der Waals surface area contributed by atoms with E-state index in [2.05, 4.69) is 27.0 Å². The molecule has 0 saturated carbocycles. The van der Waals surface area contributed by atoms with E-state index in [1.54, 1.807) is 0 Å². The predicted molar refractivity (Wildman–Crippen MR) is 41.7 cm³/mol. The van der Waals surface area contributed by atoms with Gasteiger partial charge in [-0.1, -0.05) is 20.1 Å². The van der Waals surface area contributed by atoms with E-state index in [1.807, 2.05) is 6.92 Å². The minimum absolute atomic E-state index is 0. The Balaban J connectivity index is 0. The molecular weight excluding hydrogens is 397 g/mol. The van der Waals surface area contributed by atoms with Gasteiger partial charge in [-0.25, -0.2) is 0 Å². The van der Waals surface area contributed by atoms with Gasteiger partial charge in [-0.3, -0.25) is 0 Å². The summed E-state index contributed by atoms with van der Waals surface area (Å²) < 4.78 is 5.17. The standard InChI is InChI=1S/C9H12O.W.Y/c1-6-7(2)10-8(3)9(6,4)5;;/h6H,1-4H2,5H3;;/q-2;+2;. The number of rotatable bonds is 0. The van der Waals surface area contributed by atoms with E-state index in [4.69, 9.17) is 4.74 Å². The Morgan fingerprint density at radius 1 is 1.50 bits per heavy atom. The molecule has 0 bridgehead atoms. The monoisotopic (exact) mass is 409 g/mol. The number of ether oxygens (including phenoxy) is 1. The summed E-state index contributed by atoms with van der Waals surface area (Å²) in [6.45, 7) is 17.2.